The van der Waals surface area contributed by atoms with Crippen LogP contribution in [0.5, 0.6) is 11.5 Å². The van der Waals surface area contributed by atoms with Crippen LogP contribution in [0.3, 0.4) is 0 Å². The fraction of sp³-hybridized carbons (Fsp3) is 0.167. The average Bonchev–Trinajstić information content (AvgIpc) is 2.88. The van der Waals surface area contributed by atoms with Gasteiger partial charge in [-0.05, 0) is 96.2 Å². The Hall–Kier alpha value is -3.19. The van der Waals surface area contributed by atoms with Gasteiger partial charge in [-0.15, -0.1) is 0 Å². The van der Waals surface area contributed by atoms with Crippen molar-refractivity contribution >= 4 is 29.8 Å². The van der Waals surface area contributed by atoms with Gasteiger partial charge in [-0.25, -0.2) is 13.1 Å². The van der Waals surface area contributed by atoms with E-state index in [1.165, 1.54) is 36.2 Å². The van der Waals surface area contributed by atoms with Crippen LogP contribution in [0.1, 0.15) is 40.9 Å². The van der Waals surface area contributed by atoms with Crippen LogP contribution < -0.4 is 4.74 Å². The number of halogens is 3. The van der Waals surface area contributed by atoms with E-state index < -0.39 is 0 Å². The van der Waals surface area contributed by atoms with Gasteiger partial charge in [0, 0.05) is 23.5 Å². The lowest BCUT2D eigenvalue weighted by molar-refractivity contribution is 0.112. The molecule has 0 fully saturated rings. The van der Waals surface area contributed by atoms with Crippen LogP contribution in [0.4, 0.5) is 8.78 Å². The van der Waals surface area contributed by atoms with Gasteiger partial charge >= 0.3 is 0 Å². The molecule has 0 spiro atoms. The van der Waals surface area contributed by atoms with Crippen molar-refractivity contribution in [3.8, 4) is 11.5 Å². The first-order valence-corrected chi connectivity index (χ1v) is 13.0. The second kappa shape index (κ2) is 13.9. The van der Waals surface area contributed by atoms with Gasteiger partial charge in [0.15, 0.2) is 6.29 Å². The highest BCUT2D eigenvalue weighted by atomic mass is 35.5. The minimum absolute atomic E-state index is 0.299. The number of carbonyl (C=O) groups excluding carboxylic acids is 1. The Kier molecular flexibility index (Phi) is 10.7. The lowest BCUT2D eigenvalue weighted by Crippen LogP contribution is -2.15. The molecule has 3 nitrogen and oxygen atoms in total. The maximum absolute atomic E-state index is 13.4. The molecular weight excluding hydrogens is 512 g/mol. The second-order valence-electron chi connectivity index (χ2n) is 8.00. The summed E-state index contributed by atoms with van der Waals surface area (Å²) in [7, 11) is 0. The Morgan fingerprint density at radius 2 is 1.46 bits per heavy atom. The van der Waals surface area contributed by atoms with Crippen molar-refractivity contribution in [2.45, 2.75) is 38.8 Å². The summed E-state index contributed by atoms with van der Waals surface area (Å²) in [6, 6.07) is 23.4. The van der Waals surface area contributed by atoms with E-state index in [0.29, 0.717) is 35.2 Å². The summed E-state index contributed by atoms with van der Waals surface area (Å²) in [4.78, 5) is 12.4. The molecular formula is C30H28ClF2NO2S. The second-order valence-corrected chi connectivity index (χ2v) is 9.54. The molecule has 0 bridgehead atoms. The quantitative estimate of drug-likeness (QED) is 0.156. The molecule has 0 saturated carbocycles. The number of hydrogen-bond donors (Lipinski definition) is 0. The number of carbonyl (C=O) groups is 1. The zero-order valence-electron chi connectivity index (χ0n) is 20.9. The van der Waals surface area contributed by atoms with Crippen molar-refractivity contribution in [3.05, 3.63) is 124 Å². The van der Waals surface area contributed by atoms with Crippen LogP contribution in [0, 0.1) is 18.6 Å². The van der Waals surface area contributed by atoms with E-state index in [0.717, 1.165) is 27.9 Å². The highest BCUT2D eigenvalue weighted by Gasteiger charge is 2.15. The van der Waals surface area contributed by atoms with Gasteiger partial charge in [0.25, 0.3) is 0 Å². The normalized spacial score (nSPS) is 10.6. The number of aryl methyl sites for hydroxylation is 1. The smallest absolute Gasteiger partial charge is 0.152 e. The SMILES string of the molecule is CC.Cc1cc(CN(Cc2ccc(F)cc2)Sc2cccc(Cl)c2C=O)cc(Oc2ccc(F)cc2)c1. The number of rotatable bonds is 9. The molecule has 192 valence electrons. The fourth-order valence-corrected chi connectivity index (χ4v) is 4.96. The largest absolute Gasteiger partial charge is 0.457 e. The van der Waals surface area contributed by atoms with E-state index in [4.69, 9.17) is 16.3 Å². The van der Waals surface area contributed by atoms with Gasteiger partial charge < -0.3 is 4.74 Å². The zero-order chi connectivity index (χ0) is 26.8. The Balaban J connectivity index is 0.00000186. The average molecular weight is 540 g/mol. The third-order valence-electron chi connectivity index (χ3n) is 5.15. The van der Waals surface area contributed by atoms with E-state index in [-0.39, 0.29) is 11.6 Å². The van der Waals surface area contributed by atoms with E-state index in [1.54, 1.807) is 36.4 Å². The number of ether oxygens (including phenoxy) is 1. The molecule has 4 rings (SSSR count). The molecule has 0 aliphatic carbocycles. The summed E-state index contributed by atoms with van der Waals surface area (Å²) in [6.07, 6.45) is 0.752. The Morgan fingerprint density at radius 1 is 0.838 bits per heavy atom. The topological polar surface area (TPSA) is 29.5 Å². The van der Waals surface area contributed by atoms with Gasteiger partial charge in [-0.1, -0.05) is 49.7 Å². The molecule has 37 heavy (non-hydrogen) atoms. The van der Waals surface area contributed by atoms with Crippen molar-refractivity contribution in [2.24, 2.45) is 0 Å². The minimum atomic E-state index is -0.327. The fourth-order valence-electron chi connectivity index (χ4n) is 3.58. The highest BCUT2D eigenvalue weighted by molar-refractivity contribution is 7.97. The van der Waals surface area contributed by atoms with Crippen molar-refractivity contribution < 1.29 is 18.3 Å². The molecule has 0 aliphatic heterocycles. The maximum atomic E-state index is 13.4. The summed E-state index contributed by atoms with van der Waals surface area (Å²) in [6.45, 7) is 6.98. The standard InChI is InChI=1S/C28H22ClF2NO2S.C2H6/c1-19-13-21(15-25(14-19)34-24-11-9-23(31)10-12-24)17-32(16-20-5-7-22(30)8-6-20)35-28-4-2-3-27(29)26(28)18-33;1-2/h2-15,18H,16-17H2,1H3;1-2H3. The predicted octanol–water partition coefficient (Wildman–Crippen LogP) is 9.27. The lowest BCUT2D eigenvalue weighted by Gasteiger charge is -2.23. The van der Waals surface area contributed by atoms with Gasteiger partial charge in [0.05, 0.1) is 5.02 Å². The van der Waals surface area contributed by atoms with Gasteiger partial charge in [0.2, 0.25) is 0 Å². The maximum Gasteiger partial charge on any atom is 0.152 e. The van der Waals surface area contributed by atoms with E-state index >= 15 is 0 Å². The lowest BCUT2D eigenvalue weighted by atomic mass is 10.1. The number of benzene rings is 4. The van der Waals surface area contributed by atoms with Gasteiger partial charge in [-0.2, -0.15) is 0 Å². The van der Waals surface area contributed by atoms with Crippen molar-refractivity contribution in [2.75, 3.05) is 0 Å². The third kappa shape index (κ3) is 8.42. The van der Waals surface area contributed by atoms with Crippen LogP contribution in [0.15, 0.2) is 89.8 Å². The first-order valence-electron chi connectivity index (χ1n) is 11.8. The monoisotopic (exact) mass is 539 g/mol. The molecule has 7 heteroatoms. The van der Waals surface area contributed by atoms with E-state index in [1.807, 2.05) is 45.0 Å². The molecule has 0 amide bonds. The molecule has 0 unspecified atom stereocenters. The number of aldehydes is 1. The molecule has 0 radical (unpaired) electrons. The molecule has 0 saturated heterocycles. The Labute approximate surface area is 226 Å². The predicted molar refractivity (Wildman–Crippen MR) is 147 cm³/mol. The van der Waals surface area contributed by atoms with Crippen LogP contribution in [-0.2, 0) is 13.1 Å². The number of nitrogens with zero attached hydrogens (tertiary/aromatic N) is 1. The van der Waals surface area contributed by atoms with Crippen molar-refractivity contribution in [1.29, 1.82) is 0 Å². The molecule has 0 heterocycles. The molecule has 4 aromatic carbocycles. The third-order valence-corrected chi connectivity index (χ3v) is 6.55. The summed E-state index contributed by atoms with van der Waals surface area (Å²) in [5.74, 6) is 0.545. The van der Waals surface area contributed by atoms with Crippen LogP contribution in [0.2, 0.25) is 5.02 Å². The van der Waals surface area contributed by atoms with E-state index in [9.17, 15) is 13.6 Å². The van der Waals surface area contributed by atoms with Crippen LogP contribution >= 0.6 is 23.5 Å². The molecule has 0 atom stereocenters. The zero-order valence-corrected chi connectivity index (χ0v) is 22.5. The summed E-state index contributed by atoms with van der Waals surface area (Å²) in [5.41, 5.74) is 3.32. The summed E-state index contributed by atoms with van der Waals surface area (Å²) >= 11 is 7.64. The molecule has 0 N–H and O–H groups in total. The van der Waals surface area contributed by atoms with Crippen molar-refractivity contribution in [3.63, 3.8) is 0 Å². The summed E-state index contributed by atoms with van der Waals surface area (Å²) in [5, 5.41) is 0.386. The van der Waals surface area contributed by atoms with Crippen molar-refractivity contribution in [1.82, 2.24) is 4.31 Å². The van der Waals surface area contributed by atoms with Crippen LogP contribution in [0.25, 0.3) is 0 Å². The van der Waals surface area contributed by atoms with Gasteiger partial charge in [-0.3, -0.25) is 4.79 Å². The Morgan fingerprint density at radius 3 is 2.11 bits per heavy atom. The summed E-state index contributed by atoms with van der Waals surface area (Å²) < 4.78 is 34.7. The molecule has 0 aliphatic rings. The van der Waals surface area contributed by atoms with Gasteiger partial charge in [0.1, 0.15) is 23.1 Å². The van der Waals surface area contributed by atoms with E-state index in [2.05, 4.69) is 4.31 Å². The molecule has 0 aromatic heterocycles. The number of hydrogen-bond acceptors (Lipinski definition) is 4. The first-order chi connectivity index (χ1) is 17.9. The first kappa shape index (κ1) is 28.4. The highest BCUT2D eigenvalue weighted by Crippen LogP contribution is 2.33. The van der Waals surface area contributed by atoms with Crippen LogP contribution in [-0.4, -0.2) is 10.6 Å². The molecule has 4 aromatic rings. The minimum Gasteiger partial charge on any atom is -0.457 e. The Bertz CT molecular complexity index is 1310.